The molecule has 0 radical (unpaired) electrons. The summed E-state index contributed by atoms with van der Waals surface area (Å²) >= 11 is 0. The molecular formula is C13H19BN2O4. The molecule has 2 aliphatic heterocycles. The van der Waals surface area contributed by atoms with E-state index >= 15 is 0 Å². The lowest BCUT2D eigenvalue weighted by molar-refractivity contribution is 0.174. The summed E-state index contributed by atoms with van der Waals surface area (Å²) in [5, 5.41) is 22.5. The standard InChI is InChI=1S/C13H19BN2O4/c17-14(18)12-10(1-2-11-13(12)20-9-19-11)3-6-16-7-4-15-5-8-16/h1-2,15,17-18H,3-9H2. The zero-order chi connectivity index (χ0) is 13.9. The van der Waals surface area contributed by atoms with Gasteiger partial charge in [-0.3, -0.25) is 0 Å². The summed E-state index contributed by atoms with van der Waals surface area (Å²) in [7, 11) is -1.54. The van der Waals surface area contributed by atoms with Gasteiger partial charge in [-0.05, 0) is 18.1 Å². The van der Waals surface area contributed by atoms with E-state index in [1.807, 2.05) is 12.1 Å². The summed E-state index contributed by atoms with van der Waals surface area (Å²) in [6.07, 6.45) is 0.767. The third-order valence-electron chi connectivity index (χ3n) is 3.83. The van der Waals surface area contributed by atoms with E-state index in [9.17, 15) is 10.0 Å². The Morgan fingerprint density at radius 3 is 2.75 bits per heavy atom. The van der Waals surface area contributed by atoms with Gasteiger partial charge in [-0.25, -0.2) is 0 Å². The van der Waals surface area contributed by atoms with Gasteiger partial charge in [0.25, 0.3) is 0 Å². The highest BCUT2D eigenvalue weighted by Crippen LogP contribution is 2.31. The molecule has 1 fully saturated rings. The molecule has 108 valence electrons. The number of rotatable bonds is 4. The second kappa shape index (κ2) is 6.01. The van der Waals surface area contributed by atoms with Crippen molar-refractivity contribution in [2.75, 3.05) is 39.5 Å². The Kier molecular flexibility index (Phi) is 4.11. The lowest BCUT2D eigenvalue weighted by atomic mass is 9.75. The average Bonchev–Trinajstić information content (AvgIpc) is 2.93. The van der Waals surface area contributed by atoms with Crippen LogP contribution in [0.3, 0.4) is 0 Å². The molecule has 1 saturated heterocycles. The third kappa shape index (κ3) is 2.76. The van der Waals surface area contributed by atoms with Gasteiger partial charge in [-0.2, -0.15) is 0 Å². The second-order valence-electron chi connectivity index (χ2n) is 5.09. The molecule has 7 heteroatoms. The predicted octanol–water partition coefficient (Wildman–Crippen LogP) is -1.46. The van der Waals surface area contributed by atoms with Crippen molar-refractivity contribution < 1.29 is 19.5 Å². The van der Waals surface area contributed by atoms with Crippen LogP contribution >= 0.6 is 0 Å². The molecule has 0 aliphatic carbocycles. The summed E-state index contributed by atoms with van der Waals surface area (Å²) in [5.41, 5.74) is 1.35. The quantitative estimate of drug-likeness (QED) is 0.585. The molecule has 1 aromatic carbocycles. The van der Waals surface area contributed by atoms with Crippen LogP contribution in [0.1, 0.15) is 5.56 Å². The normalized spacial score (nSPS) is 18.3. The Bertz CT molecular complexity index is 478. The fourth-order valence-electron chi connectivity index (χ4n) is 2.75. The van der Waals surface area contributed by atoms with E-state index in [2.05, 4.69) is 10.2 Å². The lowest BCUT2D eigenvalue weighted by Crippen LogP contribution is -2.44. The summed E-state index contributed by atoms with van der Waals surface area (Å²) in [6, 6.07) is 3.73. The molecule has 0 saturated carbocycles. The fourth-order valence-corrected chi connectivity index (χ4v) is 2.75. The first-order chi connectivity index (χ1) is 9.75. The highest BCUT2D eigenvalue weighted by atomic mass is 16.7. The van der Waals surface area contributed by atoms with Crippen molar-refractivity contribution in [3.8, 4) is 11.5 Å². The first kappa shape index (κ1) is 13.7. The molecule has 0 atom stereocenters. The van der Waals surface area contributed by atoms with Gasteiger partial charge in [0.05, 0.1) is 0 Å². The van der Waals surface area contributed by atoms with Crippen LogP contribution in [-0.2, 0) is 6.42 Å². The first-order valence-corrected chi connectivity index (χ1v) is 6.96. The van der Waals surface area contributed by atoms with E-state index in [1.54, 1.807) is 0 Å². The zero-order valence-electron chi connectivity index (χ0n) is 11.3. The highest BCUT2D eigenvalue weighted by Gasteiger charge is 2.28. The number of hydrogen-bond donors (Lipinski definition) is 3. The van der Waals surface area contributed by atoms with E-state index in [1.165, 1.54) is 0 Å². The molecular weight excluding hydrogens is 259 g/mol. The van der Waals surface area contributed by atoms with E-state index in [0.29, 0.717) is 17.0 Å². The molecule has 20 heavy (non-hydrogen) atoms. The Hall–Kier alpha value is -1.28. The monoisotopic (exact) mass is 278 g/mol. The fraction of sp³-hybridized carbons (Fsp3) is 0.538. The number of nitrogens with zero attached hydrogens (tertiary/aromatic N) is 1. The topological polar surface area (TPSA) is 74.2 Å². The molecule has 2 aliphatic rings. The molecule has 2 heterocycles. The first-order valence-electron chi connectivity index (χ1n) is 6.96. The van der Waals surface area contributed by atoms with Crippen molar-refractivity contribution in [1.29, 1.82) is 0 Å². The Morgan fingerprint density at radius 1 is 1.20 bits per heavy atom. The molecule has 0 amide bonds. The van der Waals surface area contributed by atoms with Gasteiger partial charge in [0.15, 0.2) is 11.5 Å². The smallest absolute Gasteiger partial charge is 0.454 e. The van der Waals surface area contributed by atoms with E-state index in [-0.39, 0.29) is 6.79 Å². The van der Waals surface area contributed by atoms with Gasteiger partial charge in [0, 0.05) is 38.2 Å². The van der Waals surface area contributed by atoms with Crippen molar-refractivity contribution >= 4 is 12.6 Å². The van der Waals surface area contributed by atoms with Gasteiger partial charge in [0.1, 0.15) is 0 Å². The molecule has 6 nitrogen and oxygen atoms in total. The summed E-state index contributed by atoms with van der Waals surface area (Å²) in [5.74, 6) is 1.05. The maximum Gasteiger partial charge on any atom is 0.492 e. The van der Waals surface area contributed by atoms with Crippen LogP contribution in [0, 0.1) is 0 Å². The zero-order valence-corrected chi connectivity index (χ0v) is 11.3. The SMILES string of the molecule is OB(O)c1c(CCN2CCNCC2)ccc2c1OCO2. The van der Waals surface area contributed by atoms with Gasteiger partial charge >= 0.3 is 7.12 Å². The average molecular weight is 278 g/mol. The predicted molar refractivity (Wildman–Crippen MR) is 75.4 cm³/mol. The molecule has 3 N–H and O–H groups in total. The van der Waals surface area contributed by atoms with Crippen molar-refractivity contribution in [1.82, 2.24) is 10.2 Å². The number of hydrogen-bond acceptors (Lipinski definition) is 6. The van der Waals surface area contributed by atoms with Crippen LogP contribution in [-0.4, -0.2) is 61.6 Å². The maximum atomic E-state index is 9.60. The Balaban J connectivity index is 1.75. The van der Waals surface area contributed by atoms with Crippen molar-refractivity contribution in [3.63, 3.8) is 0 Å². The lowest BCUT2D eigenvalue weighted by Gasteiger charge is -2.27. The molecule has 0 spiro atoms. The number of benzene rings is 1. The van der Waals surface area contributed by atoms with Gasteiger partial charge in [0.2, 0.25) is 6.79 Å². The number of ether oxygens (including phenoxy) is 2. The van der Waals surface area contributed by atoms with Crippen molar-refractivity contribution in [2.45, 2.75) is 6.42 Å². The second-order valence-corrected chi connectivity index (χ2v) is 5.09. The molecule has 0 bridgehead atoms. The minimum atomic E-state index is -1.54. The summed E-state index contributed by atoms with van der Waals surface area (Å²) in [4.78, 5) is 2.37. The Morgan fingerprint density at radius 2 is 2.00 bits per heavy atom. The van der Waals surface area contributed by atoms with Gasteiger partial charge in [-0.1, -0.05) is 6.07 Å². The van der Waals surface area contributed by atoms with E-state index in [4.69, 9.17) is 9.47 Å². The van der Waals surface area contributed by atoms with Crippen molar-refractivity contribution in [2.24, 2.45) is 0 Å². The summed E-state index contributed by atoms with van der Waals surface area (Å²) < 4.78 is 10.6. The molecule has 0 aromatic heterocycles. The van der Waals surface area contributed by atoms with Gasteiger partial charge < -0.3 is 29.7 Å². The van der Waals surface area contributed by atoms with Crippen LogP contribution in [0.25, 0.3) is 0 Å². The van der Waals surface area contributed by atoms with Crippen LogP contribution < -0.4 is 20.3 Å². The van der Waals surface area contributed by atoms with E-state index in [0.717, 1.165) is 44.7 Å². The maximum absolute atomic E-state index is 9.60. The Labute approximate surface area is 118 Å². The van der Waals surface area contributed by atoms with E-state index < -0.39 is 7.12 Å². The van der Waals surface area contributed by atoms with Crippen molar-refractivity contribution in [3.05, 3.63) is 17.7 Å². The number of fused-ring (bicyclic) bond motifs is 1. The molecule has 0 unspecified atom stereocenters. The van der Waals surface area contributed by atoms with Crippen LogP contribution in [0.4, 0.5) is 0 Å². The summed E-state index contributed by atoms with van der Waals surface area (Å²) in [6.45, 7) is 5.12. The minimum absolute atomic E-state index is 0.135. The highest BCUT2D eigenvalue weighted by molar-refractivity contribution is 6.60. The number of nitrogens with one attached hydrogen (secondary N) is 1. The minimum Gasteiger partial charge on any atom is -0.454 e. The van der Waals surface area contributed by atoms with Crippen LogP contribution in [0.2, 0.25) is 0 Å². The van der Waals surface area contributed by atoms with Crippen LogP contribution in [0.5, 0.6) is 11.5 Å². The van der Waals surface area contributed by atoms with Crippen LogP contribution in [0.15, 0.2) is 12.1 Å². The van der Waals surface area contributed by atoms with Gasteiger partial charge in [-0.15, -0.1) is 0 Å². The number of piperazine rings is 1. The largest absolute Gasteiger partial charge is 0.492 e. The third-order valence-corrected chi connectivity index (χ3v) is 3.83. The molecule has 1 aromatic rings. The molecule has 3 rings (SSSR count).